The molecule has 0 aliphatic carbocycles. The van der Waals surface area contributed by atoms with Crippen LogP contribution < -0.4 is 5.46 Å². The summed E-state index contributed by atoms with van der Waals surface area (Å²) in [6, 6.07) is 3.97. The first-order valence-electron chi connectivity index (χ1n) is 2.92. The zero-order chi connectivity index (χ0) is 8.43. The molecule has 11 heavy (non-hydrogen) atoms. The van der Waals surface area contributed by atoms with Gasteiger partial charge in [0.05, 0.1) is 0 Å². The first-order chi connectivity index (χ1) is 5.11. The Balaban J connectivity index is 3.13. The van der Waals surface area contributed by atoms with Crippen LogP contribution in [0.1, 0.15) is 0 Å². The van der Waals surface area contributed by atoms with Crippen LogP contribution >= 0.6 is 15.9 Å². The predicted molar refractivity (Wildman–Crippen MR) is 43.9 cm³/mol. The maximum atomic E-state index is 12.7. The molecule has 0 atom stereocenters. The van der Waals surface area contributed by atoms with Crippen molar-refractivity contribution in [1.82, 2.24) is 0 Å². The lowest BCUT2D eigenvalue weighted by Crippen LogP contribution is -2.32. The summed E-state index contributed by atoms with van der Waals surface area (Å²) >= 11 is 3.08. The maximum absolute atomic E-state index is 12.7. The van der Waals surface area contributed by atoms with Gasteiger partial charge in [0.1, 0.15) is 5.82 Å². The van der Waals surface area contributed by atoms with Crippen molar-refractivity contribution in [2.75, 3.05) is 0 Å². The van der Waals surface area contributed by atoms with Crippen molar-refractivity contribution in [3.05, 3.63) is 28.5 Å². The lowest BCUT2D eigenvalue weighted by Gasteiger charge is -2.00. The first kappa shape index (κ1) is 8.71. The molecule has 0 spiro atoms. The SMILES string of the molecule is OB(O)c1cc(Br)ccc1F. The van der Waals surface area contributed by atoms with Crippen molar-refractivity contribution in [2.45, 2.75) is 0 Å². The highest BCUT2D eigenvalue weighted by molar-refractivity contribution is 9.10. The van der Waals surface area contributed by atoms with E-state index in [1.165, 1.54) is 18.2 Å². The number of hydrogen-bond acceptors (Lipinski definition) is 2. The van der Waals surface area contributed by atoms with Crippen molar-refractivity contribution >= 4 is 28.5 Å². The third-order valence-corrected chi connectivity index (χ3v) is 1.73. The van der Waals surface area contributed by atoms with Gasteiger partial charge in [-0.3, -0.25) is 0 Å². The summed E-state index contributed by atoms with van der Waals surface area (Å²) in [4.78, 5) is 0. The Kier molecular flexibility index (Phi) is 2.65. The number of benzene rings is 1. The summed E-state index contributed by atoms with van der Waals surface area (Å²) in [5, 5.41) is 17.2. The molecule has 0 fully saturated rings. The predicted octanol–water partition coefficient (Wildman–Crippen LogP) is 0.268. The fourth-order valence-electron chi connectivity index (χ4n) is 0.712. The van der Waals surface area contributed by atoms with E-state index in [-0.39, 0.29) is 5.46 Å². The molecule has 0 heterocycles. The highest BCUT2D eigenvalue weighted by atomic mass is 79.9. The second kappa shape index (κ2) is 3.34. The van der Waals surface area contributed by atoms with E-state index >= 15 is 0 Å². The monoisotopic (exact) mass is 218 g/mol. The molecule has 0 saturated carbocycles. The minimum absolute atomic E-state index is 0.126. The Hall–Kier alpha value is -0.385. The standard InChI is InChI=1S/C6H5BBrFO2/c8-4-1-2-6(9)5(3-4)7(10)11/h1-3,10-11H. The van der Waals surface area contributed by atoms with E-state index in [1.807, 2.05) is 0 Å². The Morgan fingerprint density at radius 1 is 1.36 bits per heavy atom. The molecule has 1 rings (SSSR count). The first-order valence-corrected chi connectivity index (χ1v) is 3.71. The van der Waals surface area contributed by atoms with Crippen molar-refractivity contribution in [3.8, 4) is 0 Å². The molecule has 1 aromatic rings. The summed E-state index contributed by atoms with van der Waals surface area (Å²) in [5.74, 6) is -0.622. The van der Waals surface area contributed by atoms with E-state index < -0.39 is 12.9 Å². The van der Waals surface area contributed by atoms with Crippen LogP contribution in [0.5, 0.6) is 0 Å². The van der Waals surface area contributed by atoms with E-state index in [0.717, 1.165) is 0 Å². The smallest absolute Gasteiger partial charge is 0.423 e. The number of halogens is 2. The van der Waals surface area contributed by atoms with Crippen LogP contribution in [0.3, 0.4) is 0 Å². The molecule has 0 aliphatic heterocycles. The van der Waals surface area contributed by atoms with Gasteiger partial charge in [0.2, 0.25) is 0 Å². The zero-order valence-electron chi connectivity index (χ0n) is 5.46. The van der Waals surface area contributed by atoms with Gasteiger partial charge in [-0.1, -0.05) is 15.9 Å². The average molecular weight is 219 g/mol. The lowest BCUT2D eigenvalue weighted by molar-refractivity contribution is 0.423. The molecule has 58 valence electrons. The third-order valence-electron chi connectivity index (χ3n) is 1.24. The van der Waals surface area contributed by atoms with Crippen LogP contribution in [0.15, 0.2) is 22.7 Å². The minimum Gasteiger partial charge on any atom is -0.423 e. The van der Waals surface area contributed by atoms with Gasteiger partial charge >= 0.3 is 7.12 Å². The van der Waals surface area contributed by atoms with E-state index in [0.29, 0.717) is 4.47 Å². The quantitative estimate of drug-likeness (QED) is 0.665. The number of hydrogen-bond donors (Lipinski definition) is 2. The van der Waals surface area contributed by atoms with Crippen LogP contribution in [0, 0.1) is 5.82 Å². The van der Waals surface area contributed by atoms with Crippen LogP contribution in [-0.2, 0) is 0 Å². The van der Waals surface area contributed by atoms with E-state index in [2.05, 4.69) is 15.9 Å². The summed E-state index contributed by atoms with van der Waals surface area (Å²) in [6.45, 7) is 0. The molecule has 2 N–H and O–H groups in total. The molecule has 0 unspecified atom stereocenters. The van der Waals surface area contributed by atoms with Crippen LogP contribution in [-0.4, -0.2) is 17.2 Å². The van der Waals surface area contributed by atoms with Crippen LogP contribution in [0.2, 0.25) is 0 Å². The van der Waals surface area contributed by atoms with Gasteiger partial charge in [0, 0.05) is 9.94 Å². The van der Waals surface area contributed by atoms with Crippen molar-refractivity contribution in [1.29, 1.82) is 0 Å². The van der Waals surface area contributed by atoms with Gasteiger partial charge in [-0.05, 0) is 18.2 Å². The molecular weight excluding hydrogens is 214 g/mol. The zero-order valence-corrected chi connectivity index (χ0v) is 7.05. The van der Waals surface area contributed by atoms with E-state index in [9.17, 15) is 4.39 Å². The highest BCUT2D eigenvalue weighted by Gasteiger charge is 2.15. The fraction of sp³-hybridized carbons (Fsp3) is 0. The molecule has 0 aromatic heterocycles. The van der Waals surface area contributed by atoms with Crippen molar-refractivity contribution in [3.63, 3.8) is 0 Å². The van der Waals surface area contributed by atoms with Gasteiger partial charge in [-0.25, -0.2) is 4.39 Å². The molecule has 0 saturated heterocycles. The Bertz CT molecular complexity index is 267. The van der Waals surface area contributed by atoms with Crippen molar-refractivity contribution in [2.24, 2.45) is 0 Å². The molecule has 2 nitrogen and oxygen atoms in total. The fourth-order valence-corrected chi connectivity index (χ4v) is 1.09. The average Bonchev–Trinajstić information content (AvgIpc) is 1.94. The topological polar surface area (TPSA) is 40.5 Å². The summed E-state index contributed by atoms with van der Waals surface area (Å²) in [6.07, 6.45) is 0. The summed E-state index contributed by atoms with van der Waals surface area (Å²) < 4.78 is 13.3. The second-order valence-electron chi connectivity index (χ2n) is 2.04. The molecular formula is C6H5BBrFO2. The van der Waals surface area contributed by atoms with Crippen LogP contribution in [0.25, 0.3) is 0 Å². The molecule has 0 radical (unpaired) electrons. The largest absolute Gasteiger partial charge is 0.491 e. The molecule has 5 heteroatoms. The van der Waals surface area contributed by atoms with Gasteiger partial charge in [0.15, 0.2) is 0 Å². The van der Waals surface area contributed by atoms with Crippen molar-refractivity contribution < 1.29 is 14.4 Å². The Morgan fingerprint density at radius 3 is 2.45 bits per heavy atom. The van der Waals surface area contributed by atoms with Gasteiger partial charge in [0.25, 0.3) is 0 Å². The molecule has 0 amide bonds. The van der Waals surface area contributed by atoms with E-state index in [1.54, 1.807) is 0 Å². The summed E-state index contributed by atoms with van der Waals surface area (Å²) in [5.41, 5.74) is -0.126. The van der Waals surface area contributed by atoms with Gasteiger partial charge in [-0.2, -0.15) is 0 Å². The van der Waals surface area contributed by atoms with E-state index in [4.69, 9.17) is 10.0 Å². The molecule has 0 aliphatic rings. The third kappa shape index (κ3) is 2.02. The highest BCUT2D eigenvalue weighted by Crippen LogP contribution is 2.07. The van der Waals surface area contributed by atoms with Crippen LogP contribution in [0.4, 0.5) is 4.39 Å². The maximum Gasteiger partial charge on any atom is 0.491 e. The molecule has 0 bridgehead atoms. The molecule has 1 aromatic carbocycles. The second-order valence-corrected chi connectivity index (χ2v) is 2.96. The normalized spacial score (nSPS) is 9.82. The van der Waals surface area contributed by atoms with Gasteiger partial charge in [-0.15, -0.1) is 0 Å². The van der Waals surface area contributed by atoms with Gasteiger partial charge < -0.3 is 10.0 Å². The number of rotatable bonds is 1. The summed E-state index contributed by atoms with van der Waals surface area (Å²) in [7, 11) is -1.76. The Labute approximate surface area is 71.9 Å². The lowest BCUT2D eigenvalue weighted by atomic mass is 9.80. The minimum atomic E-state index is -1.76. The Morgan fingerprint density at radius 2 is 2.00 bits per heavy atom.